The summed E-state index contributed by atoms with van der Waals surface area (Å²) in [6.07, 6.45) is -0.238. The average molecular weight is 275 g/mol. The Balaban J connectivity index is 2.88. The van der Waals surface area contributed by atoms with Crippen molar-refractivity contribution in [3.05, 3.63) is 38.3 Å². The third-order valence-corrected chi connectivity index (χ3v) is 2.71. The summed E-state index contributed by atoms with van der Waals surface area (Å²) >= 11 is 3.22. The molecule has 0 aliphatic rings. The molecule has 0 saturated heterocycles. The predicted molar refractivity (Wildman–Crippen MR) is 59.6 cm³/mol. The molecule has 0 aromatic heterocycles. The predicted octanol–water partition coefficient (Wildman–Crippen LogP) is 1.22. The van der Waals surface area contributed by atoms with Crippen LogP contribution >= 0.6 is 15.9 Å². The number of aliphatic hydroxyl groups is 1. The van der Waals surface area contributed by atoms with Gasteiger partial charge in [-0.15, -0.1) is 0 Å². The van der Waals surface area contributed by atoms with Gasteiger partial charge in [0, 0.05) is 29.6 Å². The molecule has 1 aromatic carbocycles. The summed E-state index contributed by atoms with van der Waals surface area (Å²) in [6.45, 7) is 0.170. The zero-order valence-electron chi connectivity index (χ0n) is 7.89. The van der Waals surface area contributed by atoms with E-state index in [0.29, 0.717) is 10.9 Å². The van der Waals surface area contributed by atoms with Crippen LogP contribution in [0.15, 0.2) is 22.7 Å². The third kappa shape index (κ3) is 3.26. The SMILES string of the molecule is NCC(O)Cc1ccc([N+](=O)[O-])cc1Br. The molecule has 0 fully saturated rings. The van der Waals surface area contributed by atoms with Crippen LogP contribution < -0.4 is 5.73 Å². The first kappa shape index (κ1) is 12.1. The number of non-ortho nitro benzene ring substituents is 1. The van der Waals surface area contributed by atoms with Crippen LogP contribution in [0, 0.1) is 10.1 Å². The molecule has 5 nitrogen and oxygen atoms in total. The van der Waals surface area contributed by atoms with E-state index in [-0.39, 0.29) is 12.2 Å². The van der Waals surface area contributed by atoms with E-state index >= 15 is 0 Å². The summed E-state index contributed by atoms with van der Waals surface area (Å²) in [6, 6.07) is 4.43. The molecule has 1 aromatic rings. The number of rotatable bonds is 4. The van der Waals surface area contributed by atoms with Gasteiger partial charge < -0.3 is 10.8 Å². The van der Waals surface area contributed by atoms with Gasteiger partial charge in [0.2, 0.25) is 0 Å². The Morgan fingerprint density at radius 2 is 2.27 bits per heavy atom. The van der Waals surface area contributed by atoms with Crippen LogP contribution in [-0.4, -0.2) is 22.7 Å². The van der Waals surface area contributed by atoms with Crippen molar-refractivity contribution in [2.24, 2.45) is 5.73 Å². The molecular formula is C9H11BrN2O3. The molecule has 0 radical (unpaired) electrons. The normalized spacial score (nSPS) is 12.5. The van der Waals surface area contributed by atoms with E-state index in [0.717, 1.165) is 5.56 Å². The van der Waals surface area contributed by atoms with Crippen molar-refractivity contribution in [3.8, 4) is 0 Å². The van der Waals surface area contributed by atoms with E-state index in [9.17, 15) is 15.2 Å². The van der Waals surface area contributed by atoms with E-state index in [2.05, 4.69) is 15.9 Å². The van der Waals surface area contributed by atoms with Crippen LogP contribution in [0.5, 0.6) is 0 Å². The molecular weight excluding hydrogens is 264 g/mol. The number of aliphatic hydroxyl groups excluding tert-OH is 1. The molecule has 0 bridgehead atoms. The summed E-state index contributed by atoms with van der Waals surface area (Å²) in [5.41, 5.74) is 6.10. The summed E-state index contributed by atoms with van der Waals surface area (Å²) in [5.74, 6) is 0. The highest BCUT2D eigenvalue weighted by Gasteiger charge is 2.11. The lowest BCUT2D eigenvalue weighted by molar-refractivity contribution is -0.384. The van der Waals surface area contributed by atoms with Gasteiger partial charge in [0.15, 0.2) is 0 Å². The molecule has 82 valence electrons. The van der Waals surface area contributed by atoms with Gasteiger partial charge in [0.1, 0.15) is 0 Å². The maximum absolute atomic E-state index is 10.5. The minimum absolute atomic E-state index is 0.0212. The Morgan fingerprint density at radius 3 is 2.73 bits per heavy atom. The van der Waals surface area contributed by atoms with E-state index in [1.54, 1.807) is 6.07 Å². The number of nitrogens with two attached hydrogens (primary N) is 1. The van der Waals surface area contributed by atoms with Gasteiger partial charge in [0.05, 0.1) is 11.0 Å². The number of halogens is 1. The second-order valence-electron chi connectivity index (χ2n) is 3.13. The number of nitro groups is 1. The Bertz CT molecular complexity index is 370. The smallest absolute Gasteiger partial charge is 0.270 e. The summed E-state index contributed by atoms with van der Waals surface area (Å²) < 4.78 is 0.615. The molecule has 0 aliphatic carbocycles. The largest absolute Gasteiger partial charge is 0.391 e. The van der Waals surface area contributed by atoms with Gasteiger partial charge in [-0.2, -0.15) is 0 Å². The van der Waals surface area contributed by atoms with Gasteiger partial charge in [-0.05, 0) is 5.56 Å². The first-order chi connectivity index (χ1) is 7.04. The monoisotopic (exact) mass is 274 g/mol. The minimum atomic E-state index is -0.622. The van der Waals surface area contributed by atoms with E-state index in [1.807, 2.05) is 0 Å². The molecule has 6 heteroatoms. The molecule has 1 rings (SSSR count). The molecule has 1 atom stereocenters. The Morgan fingerprint density at radius 1 is 1.60 bits per heavy atom. The highest BCUT2D eigenvalue weighted by molar-refractivity contribution is 9.10. The van der Waals surface area contributed by atoms with Crippen molar-refractivity contribution in [1.29, 1.82) is 0 Å². The number of benzene rings is 1. The van der Waals surface area contributed by atoms with Crippen molar-refractivity contribution in [3.63, 3.8) is 0 Å². The van der Waals surface area contributed by atoms with Crippen LogP contribution in [0.25, 0.3) is 0 Å². The zero-order valence-corrected chi connectivity index (χ0v) is 9.48. The second kappa shape index (κ2) is 5.20. The first-order valence-electron chi connectivity index (χ1n) is 4.35. The van der Waals surface area contributed by atoms with Gasteiger partial charge in [-0.3, -0.25) is 10.1 Å². The van der Waals surface area contributed by atoms with Crippen LogP contribution in [0.3, 0.4) is 0 Å². The lowest BCUT2D eigenvalue weighted by Gasteiger charge is -2.08. The highest BCUT2D eigenvalue weighted by Crippen LogP contribution is 2.23. The summed E-state index contributed by atoms with van der Waals surface area (Å²) in [5, 5.41) is 19.8. The standard InChI is InChI=1S/C9H11BrN2O3/c10-9-4-7(12(14)15)2-1-6(9)3-8(13)5-11/h1-2,4,8,13H,3,5,11H2. The molecule has 0 saturated carbocycles. The quantitative estimate of drug-likeness (QED) is 0.638. The van der Waals surface area contributed by atoms with Crippen molar-refractivity contribution >= 4 is 21.6 Å². The Labute approximate surface area is 95.2 Å². The maximum Gasteiger partial charge on any atom is 0.270 e. The molecule has 0 amide bonds. The topological polar surface area (TPSA) is 89.4 Å². The molecule has 3 N–H and O–H groups in total. The molecule has 0 heterocycles. The Hall–Kier alpha value is -0.980. The van der Waals surface area contributed by atoms with Crippen molar-refractivity contribution in [2.45, 2.75) is 12.5 Å². The van der Waals surface area contributed by atoms with E-state index in [4.69, 9.17) is 5.73 Å². The summed E-state index contributed by atoms with van der Waals surface area (Å²) in [4.78, 5) is 9.99. The van der Waals surface area contributed by atoms with Crippen molar-refractivity contribution in [1.82, 2.24) is 0 Å². The van der Waals surface area contributed by atoms with Crippen LogP contribution in [0.4, 0.5) is 5.69 Å². The van der Waals surface area contributed by atoms with Gasteiger partial charge in [-0.1, -0.05) is 22.0 Å². The fourth-order valence-electron chi connectivity index (χ4n) is 1.15. The zero-order chi connectivity index (χ0) is 11.4. The van der Waals surface area contributed by atoms with Crippen LogP contribution in [0.1, 0.15) is 5.56 Å². The van der Waals surface area contributed by atoms with Crippen molar-refractivity contribution < 1.29 is 10.0 Å². The van der Waals surface area contributed by atoms with Crippen LogP contribution in [-0.2, 0) is 6.42 Å². The third-order valence-electron chi connectivity index (χ3n) is 1.98. The number of nitro benzene ring substituents is 1. The fraction of sp³-hybridized carbons (Fsp3) is 0.333. The number of hydrogen-bond acceptors (Lipinski definition) is 4. The van der Waals surface area contributed by atoms with Crippen molar-refractivity contribution in [2.75, 3.05) is 6.54 Å². The second-order valence-corrected chi connectivity index (χ2v) is 3.98. The lowest BCUT2D eigenvalue weighted by atomic mass is 10.1. The molecule has 0 aliphatic heterocycles. The molecule has 15 heavy (non-hydrogen) atoms. The van der Waals surface area contributed by atoms with E-state index < -0.39 is 11.0 Å². The number of hydrogen-bond donors (Lipinski definition) is 2. The maximum atomic E-state index is 10.5. The van der Waals surface area contributed by atoms with Gasteiger partial charge in [-0.25, -0.2) is 0 Å². The highest BCUT2D eigenvalue weighted by atomic mass is 79.9. The van der Waals surface area contributed by atoms with E-state index in [1.165, 1.54) is 12.1 Å². The van der Waals surface area contributed by atoms with Gasteiger partial charge in [0.25, 0.3) is 5.69 Å². The Kier molecular flexibility index (Phi) is 4.19. The fourth-order valence-corrected chi connectivity index (χ4v) is 1.68. The number of nitrogens with zero attached hydrogens (tertiary/aromatic N) is 1. The van der Waals surface area contributed by atoms with Gasteiger partial charge >= 0.3 is 0 Å². The lowest BCUT2D eigenvalue weighted by Crippen LogP contribution is -2.22. The molecule has 1 unspecified atom stereocenters. The van der Waals surface area contributed by atoms with Crippen LogP contribution in [0.2, 0.25) is 0 Å². The average Bonchev–Trinajstić information content (AvgIpc) is 2.20. The molecule has 0 spiro atoms. The minimum Gasteiger partial charge on any atom is -0.391 e. The first-order valence-corrected chi connectivity index (χ1v) is 5.15. The summed E-state index contributed by atoms with van der Waals surface area (Å²) in [7, 11) is 0.